The summed E-state index contributed by atoms with van der Waals surface area (Å²) in [6.07, 6.45) is 0.828. The van der Waals surface area contributed by atoms with Crippen LogP contribution >= 0.6 is 11.8 Å². The number of methoxy groups -OCH3 is 1. The molecule has 51 heavy (non-hydrogen) atoms. The van der Waals surface area contributed by atoms with Crippen LogP contribution in [0.25, 0.3) is 0 Å². The second kappa shape index (κ2) is 15.9. The van der Waals surface area contributed by atoms with E-state index in [2.05, 4.69) is 5.32 Å². The summed E-state index contributed by atoms with van der Waals surface area (Å²) < 4.78 is 23.2. The van der Waals surface area contributed by atoms with E-state index >= 15 is 0 Å². The lowest BCUT2D eigenvalue weighted by Crippen LogP contribution is -2.54. The van der Waals surface area contributed by atoms with E-state index in [0.29, 0.717) is 53.1 Å². The fourth-order valence-electron chi connectivity index (χ4n) is 6.08. The van der Waals surface area contributed by atoms with E-state index in [4.69, 9.17) is 24.7 Å². The molecule has 13 nitrogen and oxygen atoms in total. The quantitative estimate of drug-likeness (QED) is 0.187. The van der Waals surface area contributed by atoms with Crippen molar-refractivity contribution in [1.29, 1.82) is 0 Å². The van der Waals surface area contributed by atoms with E-state index in [1.54, 1.807) is 31.2 Å². The van der Waals surface area contributed by atoms with Crippen molar-refractivity contribution >= 4 is 46.5 Å². The van der Waals surface area contributed by atoms with E-state index in [9.17, 15) is 24.0 Å². The fourth-order valence-corrected chi connectivity index (χ4v) is 7.00. The SMILES string of the molecule is CCC(=O)SC[C@@H](C(=O)N[C@@H](CCCCN)C(=O)OC)N(C)C(=O)Oc1ccc2c(c1)Oc1cc(N(C)C)ccc1C21OC(=O)c2ccccc21. The molecule has 0 aromatic heterocycles. The average molecular weight is 719 g/mol. The van der Waals surface area contributed by atoms with Gasteiger partial charge in [-0.25, -0.2) is 14.4 Å². The number of likely N-dealkylation sites (N-methyl/N-ethyl adjacent to an activating group) is 1. The average Bonchev–Trinajstić information content (AvgIpc) is 3.42. The molecule has 270 valence electrons. The second-order valence-corrected chi connectivity index (χ2v) is 13.4. The van der Waals surface area contributed by atoms with Gasteiger partial charge >= 0.3 is 18.0 Å². The van der Waals surface area contributed by atoms with Gasteiger partial charge in [-0.15, -0.1) is 0 Å². The first-order valence-corrected chi connectivity index (χ1v) is 17.6. The molecule has 0 saturated heterocycles. The van der Waals surface area contributed by atoms with Gasteiger partial charge in [-0.1, -0.05) is 36.9 Å². The van der Waals surface area contributed by atoms with Crippen LogP contribution in [0, 0.1) is 0 Å². The molecular formula is C37H42N4O9S. The molecule has 0 radical (unpaired) electrons. The lowest BCUT2D eigenvalue weighted by Gasteiger charge is -2.37. The third-order valence-electron chi connectivity index (χ3n) is 8.89. The minimum Gasteiger partial charge on any atom is -0.467 e. The predicted molar refractivity (Wildman–Crippen MR) is 191 cm³/mol. The molecule has 3 aromatic carbocycles. The van der Waals surface area contributed by atoms with Crippen molar-refractivity contribution in [3.63, 3.8) is 0 Å². The molecule has 3 aromatic rings. The van der Waals surface area contributed by atoms with Gasteiger partial charge in [0.2, 0.25) is 5.91 Å². The summed E-state index contributed by atoms with van der Waals surface area (Å²) in [5, 5.41) is 2.51. The number of ether oxygens (including phenoxy) is 4. The number of nitrogens with zero attached hydrogens (tertiary/aromatic N) is 2. The zero-order chi connectivity index (χ0) is 36.9. The third kappa shape index (κ3) is 7.52. The molecule has 0 aliphatic carbocycles. The molecular weight excluding hydrogens is 676 g/mol. The van der Waals surface area contributed by atoms with Crippen LogP contribution in [-0.4, -0.2) is 86.6 Å². The highest BCUT2D eigenvalue weighted by molar-refractivity contribution is 8.13. The summed E-state index contributed by atoms with van der Waals surface area (Å²) >= 11 is 0.901. The summed E-state index contributed by atoms with van der Waals surface area (Å²) in [5.74, 6) is -0.991. The van der Waals surface area contributed by atoms with Crippen LogP contribution in [0.15, 0.2) is 60.7 Å². The first-order valence-electron chi connectivity index (χ1n) is 16.6. The number of fused-ring (bicyclic) bond motifs is 6. The van der Waals surface area contributed by atoms with Gasteiger partial charge in [0.1, 0.15) is 29.3 Å². The number of carbonyl (C=O) groups excluding carboxylic acids is 5. The summed E-state index contributed by atoms with van der Waals surface area (Å²) in [6.45, 7) is 2.12. The smallest absolute Gasteiger partial charge is 0.415 e. The largest absolute Gasteiger partial charge is 0.467 e. The van der Waals surface area contributed by atoms with Gasteiger partial charge in [0.15, 0.2) is 10.7 Å². The van der Waals surface area contributed by atoms with Crippen LogP contribution in [0.4, 0.5) is 10.5 Å². The fraction of sp³-hybridized carbons (Fsp3) is 0.378. The van der Waals surface area contributed by atoms with Gasteiger partial charge in [-0.05, 0) is 56.1 Å². The molecule has 0 bridgehead atoms. The van der Waals surface area contributed by atoms with Crippen LogP contribution in [0.3, 0.4) is 0 Å². The topological polar surface area (TPSA) is 167 Å². The highest BCUT2D eigenvalue weighted by Gasteiger charge is 2.53. The van der Waals surface area contributed by atoms with Crippen molar-refractivity contribution < 1.29 is 42.9 Å². The Balaban J connectivity index is 1.44. The molecule has 2 amide bonds. The van der Waals surface area contributed by atoms with E-state index in [0.717, 1.165) is 22.3 Å². The van der Waals surface area contributed by atoms with Gasteiger partial charge in [0.05, 0.1) is 12.7 Å². The molecule has 2 heterocycles. The number of anilines is 1. The minimum absolute atomic E-state index is 0.0770. The maximum absolute atomic E-state index is 13.6. The van der Waals surface area contributed by atoms with E-state index in [-0.39, 0.29) is 29.5 Å². The normalized spacial score (nSPS) is 16.4. The summed E-state index contributed by atoms with van der Waals surface area (Å²) in [6, 6.07) is 15.4. The Morgan fingerprint density at radius 2 is 1.67 bits per heavy atom. The number of nitrogens with two attached hydrogens (primary N) is 1. The van der Waals surface area contributed by atoms with Gasteiger partial charge < -0.3 is 34.9 Å². The molecule has 3 atom stereocenters. The van der Waals surface area contributed by atoms with Crippen molar-refractivity contribution in [3.05, 3.63) is 82.9 Å². The van der Waals surface area contributed by atoms with Crippen molar-refractivity contribution in [1.82, 2.24) is 10.2 Å². The van der Waals surface area contributed by atoms with Gasteiger partial charge in [-0.3, -0.25) is 14.5 Å². The van der Waals surface area contributed by atoms with Gasteiger partial charge in [-0.2, -0.15) is 0 Å². The number of benzene rings is 3. The predicted octanol–water partition coefficient (Wildman–Crippen LogP) is 4.58. The van der Waals surface area contributed by atoms with Gasteiger partial charge in [0, 0.05) is 67.8 Å². The van der Waals surface area contributed by atoms with Crippen LogP contribution in [0.1, 0.15) is 59.7 Å². The van der Waals surface area contributed by atoms with Crippen LogP contribution in [0.5, 0.6) is 17.2 Å². The Hall–Kier alpha value is -5.08. The number of thioether (sulfide) groups is 1. The lowest BCUT2D eigenvalue weighted by atomic mass is 9.77. The van der Waals surface area contributed by atoms with Crippen LogP contribution < -0.4 is 25.4 Å². The van der Waals surface area contributed by atoms with Crippen molar-refractivity contribution in [2.24, 2.45) is 5.73 Å². The first-order chi connectivity index (χ1) is 24.4. The zero-order valence-corrected chi connectivity index (χ0v) is 30.0. The Labute approximate surface area is 300 Å². The summed E-state index contributed by atoms with van der Waals surface area (Å²) in [5.41, 5.74) is 7.41. The standard InChI is InChI=1S/C37H42N4O9S/c1-6-32(42)51-21-29(33(43)39-28(35(45)47-5)13-9-10-18-38)41(4)36(46)48-23-15-17-27-31(20-23)49-30-19-22(40(2)3)14-16-26(30)37(27)25-12-8-7-11-24(25)34(44)50-37/h7-8,11-12,14-17,19-20,28-29H,6,9-10,13,18,21,38H2,1-5H3,(H,39,43)/t28-,29-,37?/m0/s1. The third-order valence-corrected chi connectivity index (χ3v) is 9.98. The monoisotopic (exact) mass is 718 g/mol. The van der Waals surface area contributed by atoms with Crippen molar-refractivity contribution in [2.75, 3.05) is 45.5 Å². The van der Waals surface area contributed by atoms with Crippen LogP contribution in [-0.2, 0) is 29.5 Å². The molecule has 1 spiro atoms. The molecule has 2 aliphatic rings. The molecule has 3 N–H and O–H groups in total. The number of unbranched alkanes of at least 4 members (excludes halogenated alkanes) is 1. The number of esters is 2. The van der Waals surface area contributed by atoms with E-state index in [1.807, 2.05) is 49.3 Å². The Kier molecular flexibility index (Phi) is 11.6. The Morgan fingerprint density at radius 3 is 2.35 bits per heavy atom. The van der Waals surface area contributed by atoms with Crippen molar-refractivity contribution in [3.8, 4) is 17.2 Å². The molecule has 0 saturated carbocycles. The second-order valence-electron chi connectivity index (χ2n) is 12.4. The zero-order valence-electron chi connectivity index (χ0n) is 29.2. The molecule has 5 rings (SSSR count). The maximum atomic E-state index is 13.6. The Morgan fingerprint density at radius 1 is 0.961 bits per heavy atom. The number of hydrogen-bond donors (Lipinski definition) is 2. The molecule has 2 aliphatic heterocycles. The Bertz CT molecular complexity index is 1830. The molecule has 1 unspecified atom stereocenters. The summed E-state index contributed by atoms with van der Waals surface area (Å²) in [4.78, 5) is 68.1. The highest BCUT2D eigenvalue weighted by atomic mass is 32.2. The molecule has 14 heteroatoms. The number of hydrogen-bond acceptors (Lipinski definition) is 12. The summed E-state index contributed by atoms with van der Waals surface area (Å²) in [7, 11) is 6.40. The highest BCUT2D eigenvalue weighted by Crippen LogP contribution is 2.57. The number of rotatable bonds is 13. The lowest BCUT2D eigenvalue weighted by molar-refractivity contribution is -0.145. The van der Waals surface area contributed by atoms with Gasteiger partial charge in [0.25, 0.3) is 0 Å². The van der Waals surface area contributed by atoms with Crippen LogP contribution in [0.2, 0.25) is 0 Å². The van der Waals surface area contributed by atoms with E-state index < -0.39 is 41.6 Å². The number of carbonyl (C=O) groups is 5. The maximum Gasteiger partial charge on any atom is 0.415 e. The number of nitrogens with one attached hydrogen (secondary N) is 1. The van der Waals surface area contributed by atoms with E-state index in [1.165, 1.54) is 20.2 Å². The first kappa shape index (κ1) is 37.2. The minimum atomic E-state index is -1.31. The number of amides is 2. The molecule has 0 fully saturated rings. The van der Waals surface area contributed by atoms with Crippen molar-refractivity contribution in [2.45, 2.75) is 50.3 Å².